The van der Waals surface area contributed by atoms with Crippen LogP contribution in [0.4, 0.5) is 0 Å². The third-order valence-electron chi connectivity index (χ3n) is 3.42. The van der Waals surface area contributed by atoms with Crippen LogP contribution in [0.15, 0.2) is 48.5 Å². The Balaban J connectivity index is 1.71. The van der Waals surface area contributed by atoms with Gasteiger partial charge in [-0.1, -0.05) is 30.3 Å². The minimum Gasteiger partial charge on any atom is -0.508 e. The summed E-state index contributed by atoms with van der Waals surface area (Å²) in [6.45, 7) is 1.49. The predicted molar refractivity (Wildman–Crippen MR) is 74.2 cm³/mol. The topological polar surface area (TPSA) is 41.5 Å². The van der Waals surface area contributed by atoms with Crippen LogP contribution in [0.25, 0.3) is 0 Å². The van der Waals surface area contributed by atoms with E-state index in [9.17, 15) is 5.11 Å². The van der Waals surface area contributed by atoms with Crippen molar-refractivity contribution in [2.45, 2.75) is 19.0 Å². The van der Waals surface area contributed by atoms with Crippen molar-refractivity contribution in [3.8, 4) is 11.5 Å². The number of aromatic hydroxyl groups is 1. The van der Waals surface area contributed by atoms with Gasteiger partial charge in [0.05, 0.1) is 6.61 Å². The van der Waals surface area contributed by atoms with Crippen LogP contribution in [0.5, 0.6) is 11.5 Å². The molecule has 0 amide bonds. The molecule has 3 nitrogen and oxygen atoms in total. The van der Waals surface area contributed by atoms with Crippen LogP contribution in [0.1, 0.15) is 23.6 Å². The minimum atomic E-state index is 0.312. The third kappa shape index (κ3) is 2.71. The van der Waals surface area contributed by atoms with E-state index in [1.165, 1.54) is 5.56 Å². The van der Waals surface area contributed by atoms with Gasteiger partial charge < -0.3 is 15.2 Å². The highest BCUT2D eigenvalue weighted by Gasteiger charge is 2.20. The summed E-state index contributed by atoms with van der Waals surface area (Å²) < 4.78 is 5.64. The first-order chi connectivity index (χ1) is 9.33. The second-order valence-electron chi connectivity index (χ2n) is 4.78. The molecule has 0 aromatic heterocycles. The van der Waals surface area contributed by atoms with Crippen molar-refractivity contribution in [1.29, 1.82) is 0 Å². The fraction of sp³-hybridized carbons (Fsp3) is 0.250. The zero-order valence-electron chi connectivity index (χ0n) is 10.7. The number of para-hydroxylation sites is 1. The lowest BCUT2D eigenvalue weighted by molar-refractivity contribution is 0.252. The lowest BCUT2D eigenvalue weighted by atomic mass is 10.0. The molecule has 1 unspecified atom stereocenters. The summed E-state index contributed by atoms with van der Waals surface area (Å²) in [5.74, 6) is 1.29. The van der Waals surface area contributed by atoms with Crippen molar-refractivity contribution in [2.75, 3.05) is 6.61 Å². The normalized spacial score (nSPS) is 17.6. The number of nitrogens with one attached hydrogen (secondary N) is 1. The molecule has 0 saturated heterocycles. The highest BCUT2D eigenvalue weighted by molar-refractivity contribution is 5.37. The quantitative estimate of drug-likeness (QED) is 0.886. The summed E-state index contributed by atoms with van der Waals surface area (Å²) in [5.41, 5.74) is 2.30. The van der Waals surface area contributed by atoms with E-state index in [2.05, 4.69) is 11.4 Å². The standard InChI is InChI=1S/C16H17NO2/c18-13-5-3-4-12(10-13)11-17-15-8-9-19-16-7-2-1-6-14(15)16/h1-7,10,15,17-18H,8-9,11H2. The molecule has 2 aromatic carbocycles. The van der Waals surface area contributed by atoms with Crippen molar-refractivity contribution < 1.29 is 9.84 Å². The molecule has 1 aliphatic rings. The summed E-state index contributed by atoms with van der Waals surface area (Å²) >= 11 is 0. The molecule has 2 N–H and O–H groups in total. The second kappa shape index (κ2) is 5.33. The van der Waals surface area contributed by atoms with Crippen molar-refractivity contribution in [1.82, 2.24) is 5.32 Å². The molecule has 19 heavy (non-hydrogen) atoms. The predicted octanol–water partition coefficient (Wildman–Crippen LogP) is 3.01. The number of ether oxygens (including phenoxy) is 1. The van der Waals surface area contributed by atoms with Gasteiger partial charge in [0, 0.05) is 24.6 Å². The second-order valence-corrected chi connectivity index (χ2v) is 4.78. The molecular weight excluding hydrogens is 238 g/mol. The van der Waals surface area contributed by atoms with E-state index < -0.39 is 0 Å². The van der Waals surface area contributed by atoms with E-state index in [1.54, 1.807) is 12.1 Å². The number of phenols is 1. The van der Waals surface area contributed by atoms with E-state index in [0.29, 0.717) is 11.8 Å². The first-order valence-corrected chi connectivity index (χ1v) is 6.56. The van der Waals surface area contributed by atoms with Crippen molar-refractivity contribution in [2.24, 2.45) is 0 Å². The molecule has 0 spiro atoms. The smallest absolute Gasteiger partial charge is 0.124 e. The maximum absolute atomic E-state index is 9.46. The molecule has 1 aliphatic heterocycles. The van der Waals surface area contributed by atoms with Crippen LogP contribution >= 0.6 is 0 Å². The van der Waals surface area contributed by atoms with Gasteiger partial charge in [-0.05, 0) is 23.8 Å². The summed E-state index contributed by atoms with van der Waals surface area (Å²) in [4.78, 5) is 0. The van der Waals surface area contributed by atoms with E-state index in [0.717, 1.165) is 30.9 Å². The van der Waals surface area contributed by atoms with Crippen LogP contribution in [-0.4, -0.2) is 11.7 Å². The zero-order valence-corrected chi connectivity index (χ0v) is 10.7. The van der Waals surface area contributed by atoms with Crippen molar-refractivity contribution in [3.05, 3.63) is 59.7 Å². The number of phenolic OH excluding ortho intramolecular Hbond substituents is 1. The van der Waals surface area contributed by atoms with E-state index in [-0.39, 0.29) is 0 Å². The minimum absolute atomic E-state index is 0.312. The van der Waals surface area contributed by atoms with Gasteiger partial charge in [0.25, 0.3) is 0 Å². The Morgan fingerprint density at radius 3 is 2.95 bits per heavy atom. The number of rotatable bonds is 3. The zero-order chi connectivity index (χ0) is 13.1. The van der Waals surface area contributed by atoms with E-state index >= 15 is 0 Å². The molecular formula is C16H17NO2. The number of benzene rings is 2. The molecule has 98 valence electrons. The molecule has 0 fully saturated rings. The van der Waals surface area contributed by atoms with Crippen LogP contribution < -0.4 is 10.1 Å². The number of hydrogen-bond donors (Lipinski definition) is 2. The van der Waals surface area contributed by atoms with Gasteiger partial charge in [-0.25, -0.2) is 0 Å². The van der Waals surface area contributed by atoms with Crippen LogP contribution in [0.2, 0.25) is 0 Å². The third-order valence-corrected chi connectivity index (χ3v) is 3.42. The molecule has 0 radical (unpaired) electrons. The Hall–Kier alpha value is -2.00. The largest absolute Gasteiger partial charge is 0.508 e. The molecule has 0 aliphatic carbocycles. The van der Waals surface area contributed by atoms with E-state index in [1.807, 2.05) is 30.3 Å². The maximum atomic E-state index is 9.46. The van der Waals surface area contributed by atoms with Gasteiger partial charge in [-0.2, -0.15) is 0 Å². The van der Waals surface area contributed by atoms with Gasteiger partial charge in [0.1, 0.15) is 11.5 Å². The molecule has 2 aromatic rings. The van der Waals surface area contributed by atoms with Crippen LogP contribution in [-0.2, 0) is 6.54 Å². The van der Waals surface area contributed by atoms with Gasteiger partial charge in [0.2, 0.25) is 0 Å². The lowest BCUT2D eigenvalue weighted by Gasteiger charge is -2.26. The van der Waals surface area contributed by atoms with Gasteiger partial charge in [-0.3, -0.25) is 0 Å². The van der Waals surface area contributed by atoms with Gasteiger partial charge in [0.15, 0.2) is 0 Å². The maximum Gasteiger partial charge on any atom is 0.124 e. The van der Waals surface area contributed by atoms with Gasteiger partial charge >= 0.3 is 0 Å². The Morgan fingerprint density at radius 1 is 1.16 bits per heavy atom. The SMILES string of the molecule is Oc1cccc(CNC2CCOc3ccccc32)c1. The summed E-state index contributed by atoms with van der Waals surface area (Å²) in [7, 11) is 0. The summed E-state index contributed by atoms with van der Waals surface area (Å²) in [5, 5.41) is 13.0. The lowest BCUT2D eigenvalue weighted by Crippen LogP contribution is -2.26. The molecule has 3 heteroatoms. The van der Waals surface area contributed by atoms with Gasteiger partial charge in [-0.15, -0.1) is 0 Å². The highest BCUT2D eigenvalue weighted by atomic mass is 16.5. The number of hydrogen-bond acceptors (Lipinski definition) is 3. The number of fused-ring (bicyclic) bond motifs is 1. The van der Waals surface area contributed by atoms with Crippen LogP contribution in [0.3, 0.4) is 0 Å². The molecule has 1 heterocycles. The fourth-order valence-corrected chi connectivity index (χ4v) is 2.46. The van der Waals surface area contributed by atoms with Crippen molar-refractivity contribution >= 4 is 0 Å². The van der Waals surface area contributed by atoms with Crippen molar-refractivity contribution in [3.63, 3.8) is 0 Å². The molecule has 0 bridgehead atoms. The Kier molecular flexibility index (Phi) is 3.38. The summed E-state index contributed by atoms with van der Waals surface area (Å²) in [6.07, 6.45) is 0.968. The Labute approximate surface area is 112 Å². The Morgan fingerprint density at radius 2 is 2.05 bits per heavy atom. The monoisotopic (exact) mass is 255 g/mol. The average molecular weight is 255 g/mol. The first-order valence-electron chi connectivity index (χ1n) is 6.56. The fourth-order valence-electron chi connectivity index (χ4n) is 2.46. The molecule has 0 saturated carbocycles. The summed E-state index contributed by atoms with van der Waals surface area (Å²) in [6, 6.07) is 15.8. The van der Waals surface area contributed by atoms with E-state index in [4.69, 9.17) is 4.74 Å². The highest BCUT2D eigenvalue weighted by Crippen LogP contribution is 2.31. The average Bonchev–Trinajstić information content (AvgIpc) is 2.45. The van der Waals surface area contributed by atoms with Crippen LogP contribution in [0, 0.1) is 0 Å². The first kappa shape index (κ1) is 12.1. The Bertz CT molecular complexity index is 568. The molecule has 3 rings (SSSR count). The molecule has 1 atom stereocenters.